The number of thioether (sulfide) groups is 1. The van der Waals surface area contributed by atoms with Crippen LogP contribution >= 0.6 is 11.8 Å². The zero-order chi connectivity index (χ0) is 12.1. The molecule has 0 saturated heterocycles. The Morgan fingerprint density at radius 2 is 2.31 bits per heavy atom. The Hall–Kier alpha value is -1.27. The Balaban J connectivity index is 2.73. The van der Waals surface area contributed by atoms with Gasteiger partial charge in [-0.2, -0.15) is 0 Å². The Bertz CT molecular complexity index is 382. The number of aromatic nitrogens is 1. The fraction of sp³-hybridized carbons (Fsp3) is 0.400. The molecule has 1 heterocycles. The summed E-state index contributed by atoms with van der Waals surface area (Å²) in [5, 5.41) is 9.46. The molecule has 3 N–H and O–H groups in total. The van der Waals surface area contributed by atoms with Crippen molar-refractivity contribution in [3.8, 4) is 0 Å². The first-order chi connectivity index (χ1) is 7.52. The van der Waals surface area contributed by atoms with Crippen molar-refractivity contribution in [1.82, 2.24) is 9.88 Å². The predicted molar refractivity (Wildman–Crippen MR) is 64.9 cm³/mol. The van der Waals surface area contributed by atoms with Crippen LogP contribution in [0.15, 0.2) is 17.3 Å². The quantitative estimate of drug-likeness (QED) is 0.749. The topological polar surface area (TPSA) is 79.5 Å². The molecular weight excluding hydrogens is 226 g/mol. The van der Waals surface area contributed by atoms with E-state index in [9.17, 15) is 4.79 Å². The normalized spacial score (nSPS) is 10.7. The second-order valence-corrected chi connectivity index (χ2v) is 4.62. The lowest BCUT2D eigenvalue weighted by molar-refractivity contribution is 0.0697. The number of nitrogen functional groups attached to an aromatic ring is 1. The highest BCUT2D eigenvalue weighted by Gasteiger charge is 2.12. The Morgan fingerprint density at radius 1 is 1.62 bits per heavy atom. The lowest BCUT2D eigenvalue weighted by atomic mass is 10.2. The van der Waals surface area contributed by atoms with Crippen LogP contribution in [0.2, 0.25) is 0 Å². The number of pyridine rings is 1. The van der Waals surface area contributed by atoms with Gasteiger partial charge in [-0.05, 0) is 20.2 Å². The van der Waals surface area contributed by atoms with Gasteiger partial charge in [0, 0.05) is 18.5 Å². The van der Waals surface area contributed by atoms with Gasteiger partial charge >= 0.3 is 5.97 Å². The molecule has 0 aliphatic carbocycles. The third-order valence-corrected chi connectivity index (χ3v) is 2.95. The van der Waals surface area contributed by atoms with E-state index in [4.69, 9.17) is 10.8 Å². The molecule has 6 heteroatoms. The minimum Gasteiger partial charge on any atom is -0.478 e. The largest absolute Gasteiger partial charge is 0.478 e. The van der Waals surface area contributed by atoms with E-state index in [0.717, 1.165) is 12.3 Å². The van der Waals surface area contributed by atoms with E-state index in [0.29, 0.717) is 5.03 Å². The molecule has 16 heavy (non-hydrogen) atoms. The highest BCUT2D eigenvalue weighted by Crippen LogP contribution is 2.25. The fourth-order valence-corrected chi connectivity index (χ4v) is 2.13. The van der Waals surface area contributed by atoms with Gasteiger partial charge in [-0.3, -0.25) is 0 Å². The van der Waals surface area contributed by atoms with Crippen molar-refractivity contribution < 1.29 is 9.90 Å². The minimum atomic E-state index is -1.02. The molecule has 88 valence electrons. The smallest absolute Gasteiger partial charge is 0.337 e. The van der Waals surface area contributed by atoms with E-state index in [1.165, 1.54) is 24.0 Å². The molecule has 0 spiro atoms. The van der Waals surface area contributed by atoms with Crippen LogP contribution in [0.25, 0.3) is 0 Å². The average Bonchev–Trinajstić information content (AvgIpc) is 2.19. The summed E-state index contributed by atoms with van der Waals surface area (Å²) < 4.78 is 0. The number of carboxylic acids is 1. The maximum atomic E-state index is 10.8. The monoisotopic (exact) mass is 241 g/mol. The number of anilines is 1. The molecule has 0 saturated carbocycles. The van der Waals surface area contributed by atoms with Gasteiger partial charge in [0.2, 0.25) is 0 Å². The summed E-state index contributed by atoms with van der Waals surface area (Å²) in [6.45, 7) is 0.892. The maximum Gasteiger partial charge on any atom is 0.337 e. The van der Waals surface area contributed by atoms with Crippen LogP contribution in [0.1, 0.15) is 10.4 Å². The SMILES string of the molecule is CN(C)CCSc1nccc(C(=O)O)c1N. The van der Waals surface area contributed by atoms with Crippen molar-refractivity contribution >= 4 is 23.4 Å². The molecule has 0 unspecified atom stereocenters. The van der Waals surface area contributed by atoms with E-state index in [-0.39, 0.29) is 11.3 Å². The van der Waals surface area contributed by atoms with Crippen molar-refractivity contribution in [2.45, 2.75) is 5.03 Å². The zero-order valence-corrected chi connectivity index (χ0v) is 10.1. The van der Waals surface area contributed by atoms with Gasteiger partial charge in [0.05, 0.1) is 11.3 Å². The molecule has 0 aliphatic heterocycles. The summed E-state index contributed by atoms with van der Waals surface area (Å²) in [5.74, 6) is -0.192. The summed E-state index contributed by atoms with van der Waals surface area (Å²) in [6.07, 6.45) is 1.47. The number of rotatable bonds is 5. The maximum absolute atomic E-state index is 10.8. The van der Waals surface area contributed by atoms with Crippen molar-refractivity contribution in [2.24, 2.45) is 0 Å². The molecule has 1 rings (SSSR count). The first-order valence-corrected chi connectivity index (χ1v) is 5.76. The van der Waals surface area contributed by atoms with Crippen LogP contribution in [0, 0.1) is 0 Å². The summed E-state index contributed by atoms with van der Waals surface area (Å²) in [4.78, 5) is 17.0. The Labute approximate surface area is 98.7 Å². The summed E-state index contributed by atoms with van der Waals surface area (Å²) in [6, 6.07) is 1.41. The number of carbonyl (C=O) groups is 1. The Morgan fingerprint density at radius 3 is 2.88 bits per heavy atom. The minimum absolute atomic E-state index is 0.113. The first-order valence-electron chi connectivity index (χ1n) is 4.77. The van der Waals surface area contributed by atoms with Crippen LogP contribution < -0.4 is 5.73 Å². The lowest BCUT2D eigenvalue weighted by Gasteiger charge is -2.10. The number of nitrogens with two attached hydrogens (primary N) is 1. The van der Waals surface area contributed by atoms with Crippen molar-refractivity contribution in [3.63, 3.8) is 0 Å². The van der Waals surface area contributed by atoms with E-state index in [2.05, 4.69) is 4.98 Å². The molecule has 1 aromatic rings. The number of hydrogen-bond donors (Lipinski definition) is 2. The van der Waals surface area contributed by atoms with Crippen LogP contribution in [0.5, 0.6) is 0 Å². The number of nitrogens with zero attached hydrogens (tertiary/aromatic N) is 2. The van der Waals surface area contributed by atoms with E-state index < -0.39 is 5.97 Å². The van der Waals surface area contributed by atoms with Gasteiger partial charge in [0.15, 0.2) is 0 Å². The van der Waals surface area contributed by atoms with Crippen molar-refractivity contribution in [3.05, 3.63) is 17.8 Å². The van der Waals surface area contributed by atoms with E-state index in [1.807, 2.05) is 19.0 Å². The first kappa shape index (κ1) is 12.8. The highest BCUT2D eigenvalue weighted by atomic mass is 32.2. The van der Waals surface area contributed by atoms with Crippen LogP contribution in [0.4, 0.5) is 5.69 Å². The summed E-state index contributed by atoms with van der Waals surface area (Å²) >= 11 is 1.47. The summed E-state index contributed by atoms with van der Waals surface area (Å²) in [5.41, 5.74) is 6.09. The van der Waals surface area contributed by atoms with Gasteiger partial charge in [0.25, 0.3) is 0 Å². The molecule has 0 bridgehead atoms. The van der Waals surface area contributed by atoms with Crippen molar-refractivity contribution in [2.75, 3.05) is 32.1 Å². The molecule has 0 fully saturated rings. The lowest BCUT2D eigenvalue weighted by Crippen LogP contribution is -2.15. The zero-order valence-electron chi connectivity index (χ0n) is 9.30. The molecule has 0 radical (unpaired) electrons. The molecular formula is C10H15N3O2S. The molecule has 1 aromatic heterocycles. The third kappa shape index (κ3) is 3.39. The van der Waals surface area contributed by atoms with Gasteiger partial charge in [-0.25, -0.2) is 9.78 Å². The number of aromatic carboxylic acids is 1. The average molecular weight is 241 g/mol. The molecule has 0 aliphatic rings. The third-order valence-electron chi connectivity index (χ3n) is 1.96. The molecule has 0 aromatic carbocycles. The van der Waals surface area contributed by atoms with Crippen LogP contribution in [-0.2, 0) is 0 Å². The van der Waals surface area contributed by atoms with E-state index >= 15 is 0 Å². The molecule has 0 amide bonds. The Kier molecular flexibility index (Phi) is 4.57. The summed E-state index contributed by atoms with van der Waals surface area (Å²) in [7, 11) is 3.95. The van der Waals surface area contributed by atoms with E-state index in [1.54, 1.807) is 0 Å². The van der Waals surface area contributed by atoms with Gasteiger partial charge in [-0.15, -0.1) is 11.8 Å². The van der Waals surface area contributed by atoms with Crippen molar-refractivity contribution in [1.29, 1.82) is 0 Å². The number of carboxylic acid groups (broad SMARTS) is 1. The van der Waals surface area contributed by atoms with Crippen LogP contribution in [0.3, 0.4) is 0 Å². The number of hydrogen-bond acceptors (Lipinski definition) is 5. The second kappa shape index (κ2) is 5.72. The van der Waals surface area contributed by atoms with Crippen LogP contribution in [-0.4, -0.2) is 47.4 Å². The fourth-order valence-electron chi connectivity index (χ4n) is 1.08. The molecule has 5 nitrogen and oxygen atoms in total. The molecule has 0 atom stereocenters. The highest BCUT2D eigenvalue weighted by molar-refractivity contribution is 7.99. The van der Waals surface area contributed by atoms with Gasteiger partial charge in [-0.1, -0.05) is 0 Å². The van der Waals surface area contributed by atoms with Gasteiger partial charge < -0.3 is 15.7 Å². The predicted octanol–water partition coefficient (Wildman–Crippen LogP) is 1.02. The van der Waals surface area contributed by atoms with Gasteiger partial charge in [0.1, 0.15) is 5.03 Å². The standard InChI is InChI=1S/C10H15N3O2S/c1-13(2)5-6-16-9-8(11)7(10(14)15)3-4-12-9/h3-4H,5-6,11H2,1-2H3,(H,14,15). The second-order valence-electron chi connectivity index (χ2n) is 3.53.